The molecule has 4 radical (unpaired) electrons. The fourth-order valence-electron chi connectivity index (χ4n) is 5.88. The molecule has 4 aliphatic heterocycles. The number of nitrogens with zero attached hydrogens (tertiary/aromatic N) is 2. The minimum Gasteiger partial charge on any atom is -0.436 e. The van der Waals surface area contributed by atoms with E-state index in [4.69, 9.17) is 0 Å². The Hall–Kier alpha value is 5.28. The number of piperidine rings is 1. The zero-order valence-corrected chi connectivity index (χ0v) is 48.0. The summed E-state index contributed by atoms with van der Waals surface area (Å²) in [5, 5.41) is 0. The van der Waals surface area contributed by atoms with Crippen LogP contribution >= 0.6 is 0 Å². The molecule has 0 aromatic heterocycles. The number of carbonyl (C=O) groups is 2. The van der Waals surface area contributed by atoms with Gasteiger partial charge >= 0.3 is 0 Å². The summed E-state index contributed by atoms with van der Waals surface area (Å²) in [4.78, 5) is 28.4. The topological polar surface area (TPSA) is 40.6 Å². The maximum absolute atomic E-state index is 11.9. The first-order valence-corrected chi connectivity index (χ1v) is 13.3. The number of rotatable bonds is 0. The van der Waals surface area contributed by atoms with Gasteiger partial charge in [0.05, 0.1) is 0 Å². The smallest absolute Gasteiger partial charge is 0.0119 e. The maximum Gasteiger partial charge on any atom is 0.0119 e. The molecule has 2 saturated heterocycles. The van der Waals surface area contributed by atoms with Crippen molar-refractivity contribution in [2.24, 2.45) is 23.7 Å². The Morgan fingerprint density at radius 2 is 1.00 bits per heavy atom. The summed E-state index contributed by atoms with van der Waals surface area (Å²) in [6, 6.07) is 0.681. The number of allylic oxidation sites excluding steroid dienone is 4. The Labute approximate surface area is 405 Å². The predicted octanol–water partition coefficient (Wildman–Crippen LogP) is 5.71. The van der Waals surface area contributed by atoms with Gasteiger partial charge in [-0.05, 0) is 43.7 Å². The maximum atomic E-state index is 11.9. The van der Waals surface area contributed by atoms with E-state index in [9.17, 15) is 9.59 Å². The molecule has 12 heteroatoms. The van der Waals surface area contributed by atoms with Gasteiger partial charge < -0.3 is 69.1 Å². The van der Waals surface area contributed by atoms with Crippen molar-refractivity contribution in [3.05, 3.63) is 49.2 Å². The molecule has 226 valence electrons. The van der Waals surface area contributed by atoms with Crippen LogP contribution in [0, 0.1) is 124 Å². The van der Waals surface area contributed by atoms with E-state index in [1.807, 2.05) is 27.7 Å². The summed E-state index contributed by atoms with van der Waals surface area (Å²) in [7, 11) is 0. The number of carbonyl (C=O) groups excluding carboxylic acids is 2. The Bertz CT molecular complexity index is 812. The van der Waals surface area contributed by atoms with Crippen LogP contribution in [0.15, 0.2) is 11.4 Å². The molecule has 0 amide bonds. The van der Waals surface area contributed by atoms with Gasteiger partial charge in [0.1, 0.15) is 0 Å². The molecule has 0 aromatic rings. The van der Waals surface area contributed by atoms with E-state index in [2.05, 4.69) is 61.5 Å². The van der Waals surface area contributed by atoms with Crippen molar-refractivity contribution >= 4 is 11.6 Å². The third-order valence-corrected chi connectivity index (χ3v) is 7.19. The first-order chi connectivity index (χ1) is 16.0. The zero-order valence-electron chi connectivity index (χ0n) is 25.3. The van der Waals surface area contributed by atoms with Crippen LogP contribution in [0.25, 0.3) is 0 Å². The zero-order chi connectivity index (χ0) is 24.1. The van der Waals surface area contributed by atoms with E-state index in [0.717, 1.165) is 37.3 Å². The second kappa shape index (κ2) is 30.1. The normalized spacial score (nSPS) is 28.8. The fraction of sp³-hybridized carbons (Fsp3) is 0.655. The van der Waals surface area contributed by atoms with Gasteiger partial charge in [-0.25, -0.2) is 0 Å². The van der Waals surface area contributed by atoms with Crippen LogP contribution in [0.1, 0.15) is 76.5 Å². The minimum atomic E-state index is 0. The van der Waals surface area contributed by atoms with E-state index < -0.39 is 0 Å². The molecule has 2 saturated carbocycles. The molecular weight excluding hydrogens is 1530 g/mol. The molecule has 4 fully saturated rings. The van der Waals surface area contributed by atoms with Gasteiger partial charge in [0.25, 0.3) is 0 Å². The van der Waals surface area contributed by atoms with Crippen molar-refractivity contribution in [2.75, 3.05) is 13.1 Å². The van der Waals surface area contributed by atoms with Crippen LogP contribution in [0.5, 0.6) is 0 Å². The molecule has 4 heterocycles. The molecule has 0 spiro atoms. The first-order valence-electron chi connectivity index (χ1n) is 13.3. The number of Topliss-reactive ketones (excluding diaryl/α,β-unsaturated/α-hetero) is 2. The second-order valence-corrected chi connectivity index (χ2v) is 9.34. The quantitative estimate of drug-likeness (QED) is 0.292. The number of ketones is 2. The van der Waals surface area contributed by atoms with Crippen molar-refractivity contribution in [3.63, 3.8) is 0 Å². The molecule has 41 heavy (non-hydrogen) atoms. The van der Waals surface area contributed by atoms with Crippen LogP contribution in [0.3, 0.4) is 0 Å². The Morgan fingerprint density at radius 1 is 0.659 bits per heavy atom. The minimum absolute atomic E-state index is 0. The summed E-state index contributed by atoms with van der Waals surface area (Å²) >= 11 is 0. The van der Waals surface area contributed by atoms with Crippen LogP contribution in [-0.2, 0) is 154 Å². The van der Waals surface area contributed by atoms with Gasteiger partial charge in [-0.3, -0.25) is 0 Å². The van der Waals surface area contributed by atoms with Gasteiger partial charge in [-0.15, -0.1) is 37.8 Å². The molecule has 6 rings (SSSR count). The average Bonchev–Trinajstić information content (AvgIpc) is 3.55. The van der Waals surface area contributed by atoms with Crippen LogP contribution in [-0.4, -0.2) is 46.5 Å². The molecule has 6 atom stereocenters. The van der Waals surface area contributed by atoms with E-state index >= 15 is 0 Å². The Balaban J connectivity index is -0.0000000704. The predicted molar refractivity (Wildman–Crippen MR) is 137 cm³/mol. The van der Waals surface area contributed by atoms with Crippen LogP contribution in [0.4, 0.5) is 0 Å². The second-order valence-electron chi connectivity index (χ2n) is 9.34. The summed E-state index contributed by atoms with van der Waals surface area (Å²) in [6.45, 7) is 14.5. The Kier molecular flexibility index (Phi) is 43.0. The molecule has 6 unspecified atom stereocenters. The SMILES string of the molecule is CC.CC.CC1[CH-]C2C(=O)[C-]=C3CCCCN3C2[CH-]1.CC1[CH-]C2C(=O)[C-]=C3CCCN3C2[CH-]1.[3HH].[3HH].[U].[U].[V].[V].[W].[W].[Y].[Y]. The number of hydrogen-bond acceptors (Lipinski definition) is 4. The summed E-state index contributed by atoms with van der Waals surface area (Å²) in [5.41, 5.74) is 2.31. The summed E-state index contributed by atoms with van der Waals surface area (Å²) < 4.78 is 0. The third kappa shape index (κ3) is 15.4. The van der Waals surface area contributed by atoms with E-state index in [1.165, 1.54) is 19.3 Å². The van der Waals surface area contributed by atoms with Gasteiger partial charge in [0.15, 0.2) is 0 Å². The van der Waals surface area contributed by atoms with Gasteiger partial charge in [0, 0.05) is 223 Å². The molecule has 2 aliphatic carbocycles. The van der Waals surface area contributed by atoms with Crippen molar-refractivity contribution in [2.45, 2.75) is 85.7 Å². The van der Waals surface area contributed by atoms with Crippen molar-refractivity contribution < 1.29 is 219 Å². The standard InChI is InChI=1S/C13H16NO.C12H14NO.2C2H6.2U.2V.2W.2Y.2H2/c1-9-6-11-12(7-9)14-5-3-2-4-10(14)8-13(11)15;1-8-5-10-11(6-8)13-4-2-3-9(13)7-12(10)14;2*1-2;;;;;;;;;;/h6-7,9,11-12H,2-5H2,1H3;5-6,8,10-11H,2-4H2,1H3;2*1-2H3;;;;;;;;;2*1H/q2*-3;;;;;;;;;;;;/i;;;;;;;;;;;;2*1+2. The van der Waals surface area contributed by atoms with Crippen molar-refractivity contribution in [3.8, 4) is 0 Å². The largest absolute Gasteiger partial charge is 0.436 e. The van der Waals surface area contributed by atoms with E-state index in [1.54, 1.807) is 0 Å². The van der Waals surface area contributed by atoms with Gasteiger partial charge in [-0.2, -0.15) is 11.4 Å². The van der Waals surface area contributed by atoms with E-state index in [-0.39, 0.29) is 233 Å². The summed E-state index contributed by atoms with van der Waals surface area (Å²) in [6.07, 6.45) is 20.8. The molecule has 6 aliphatic rings. The third-order valence-electron chi connectivity index (χ3n) is 7.19. The monoisotopic (exact) mass is 1580 g/mol. The molecule has 4 nitrogen and oxygen atoms in total. The fourth-order valence-corrected chi connectivity index (χ4v) is 5.88. The molecule has 0 N–H and O–H groups in total. The number of hydrogen-bond donors (Lipinski definition) is 0. The Morgan fingerprint density at radius 3 is 1.39 bits per heavy atom. The van der Waals surface area contributed by atoms with Crippen molar-refractivity contribution in [1.82, 2.24) is 9.80 Å². The number of fused-ring (bicyclic) bond motifs is 6. The van der Waals surface area contributed by atoms with Crippen LogP contribution in [0.2, 0.25) is 0 Å². The van der Waals surface area contributed by atoms with Gasteiger partial charge in [-0.1, -0.05) is 27.7 Å². The first kappa shape index (κ1) is 58.5. The molecule has 0 bridgehead atoms. The molecule has 0 aromatic carbocycles. The molecular formula is C29H46N2O2U2V2W2Y2-6. The summed E-state index contributed by atoms with van der Waals surface area (Å²) in [5.74, 6) is 1.51. The average molecular weight is 1580 g/mol. The van der Waals surface area contributed by atoms with Crippen molar-refractivity contribution in [1.29, 1.82) is 0 Å². The van der Waals surface area contributed by atoms with Gasteiger partial charge in [0.2, 0.25) is 0 Å². The van der Waals surface area contributed by atoms with E-state index in [0.29, 0.717) is 23.9 Å². The van der Waals surface area contributed by atoms with Crippen LogP contribution < -0.4 is 0 Å².